The fourth-order valence-corrected chi connectivity index (χ4v) is 4.15. The minimum absolute atomic E-state index is 0.00197. The topological polar surface area (TPSA) is 57.6 Å². The fraction of sp³-hybridized carbons (Fsp3) is 0.579. The minimum Gasteiger partial charge on any atom is -0.388 e. The molecule has 5 heteroatoms. The molecule has 0 bridgehead atoms. The molecule has 0 spiro atoms. The van der Waals surface area contributed by atoms with E-state index >= 15 is 0 Å². The lowest BCUT2D eigenvalue weighted by Crippen LogP contribution is -2.44. The van der Waals surface area contributed by atoms with E-state index in [4.69, 9.17) is 11.6 Å². The summed E-state index contributed by atoms with van der Waals surface area (Å²) in [5, 5.41) is 10.9. The molecule has 1 N–H and O–H groups in total. The zero-order chi connectivity index (χ0) is 17.1. The Balaban J connectivity index is 1.64. The Labute approximate surface area is 147 Å². The maximum Gasteiger partial charge on any atom is 0.225 e. The fourth-order valence-electron chi connectivity index (χ4n) is 4.02. The van der Waals surface area contributed by atoms with Crippen LogP contribution in [0.5, 0.6) is 0 Å². The Bertz CT molecular complexity index is 601. The number of amides is 1. The molecule has 4 nitrogen and oxygen atoms in total. The summed E-state index contributed by atoms with van der Waals surface area (Å²) in [7, 11) is 0. The largest absolute Gasteiger partial charge is 0.388 e. The number of halogens is 1. The lowest BCUT2D eigenvalue weighted by atomic mass is 9.81. The van der Waals surface area contributed by atoms with E-state index in [-0.39, 0.29) is 24.3 Å². The number of ketones is 1. The molecule has 0 radical (unpaired) electrons. The van der Waals surface area contributed by atoms with E-state index in [0.717, 1.165) is 32.1 Å². The van der Waals surface area contributed by atoms with Gasteiger partial charge in [0.05, 0.1) is 12.5 Å². The van der Waals surface area contributed by atoms with Crippen molar-refractivity contribution in [3.05, 3.63) is 34.9 Å². The quantitative estimate of drug-likeness (QED) is 0.904. The highest BCUT2D eigenvalue weighted by Crippen LogP contribution is 2.33. The van der Waals surface area contributed by atoms with Crippen LogP contribution in [0.3, 0.4) is 0 Å². The van der Waals surface area contributed by atoms with Crippen LogP contribution in [-0.2, 0) is 9.59 Å². The zero-order valence-corrected chi connectivity index (χ0v) is 14.5. The standard InChI is InChI=1S/C19H24ClNO3/c20-14-9-7-13(8-10-14)18(23)12-19(24)21-11-3-5-16(21)15-4-1-2-6-17(15)22/h7-10,15-16,18,23H,1-6,11-12H2. The smallest absolute Gasteiger partial charge is 0.225 e. The number of likely N-dealkylation sites (tertiary alicyclic amines) is 1. The Morgan fingerprint density at radius 3 is 2.67 bits per heavy atom. The molecule has 1 saturated heterocycles. The van der Waals surface area contributed by atoms with E-state index in [9.17, 15) is 14.7 Å². The first-order valence-corrected chi connectivity index (χ1v) is 9.20. The van der Waals surface area contributed by atoms with Gasteiger partial charge in [-0.15, -0.1) is 0 Å². The second-order valence-electron chi connectivity index (χ2n) is 6.89. The van der Waals surface area contributed by atoms with Crippen molar-refractivity contribution >= 4 is 23.3 Å². The van der Waals surface area contributed by atoms with Crippen molar-refractivity contribution in [1.82, 2.24) is 4.90 Å². The van der Waals surface area contributed by atoms with Crippen LogP contribution in [-0.4, -0.2) is 34.3 Å². The molecule has 1 aromatic rings. The van der Waals surface area contributed by atoms with Gasteiger partial charge < -0.3 is 10.0 Å². The summed E-state index contributed by atoms with van der Waals surface area (Å²) in [5.41, 5.74) is 0.692. The van der Waals surface area contributed by atoms with E-state index in [1.54, 1.807) is 24.3 Å². The Kier molecular flexibility index (Phi) is 5.57. The predicted molar refractivity (Wildman–Crippen MR) is 92.7 cm³/mol. The van der Waals surface area contributed by atoms with E-state index in [1.165, 1.54) is 0 Å². The number of carbonyl (C=O) groups is 2. The average Bonchev–Trinajstić information content (AvgIpc) is 3.05. The summed E-state index contributed by atoms with van der Waals surface area (Å²) in [5.74, 6) is 0.250. The van der Waals surface area contributed by atoms with Crippen LogP contribution < -0.4 is 0 Å². The molecule has 2 fully saturated rings. The monoisotopic (exact) mass is 349 g/mol. The van der Waals surface area contributed by atoms with Gasteiger partial charge >= 0.3 is 0 Å². The number of Topliss-reactive ketones (excluding diaryl/α,β-unsaturated/α-hetero) is 1. The van der Waals surface area contributed by atoms with E-state index < -0.39 is 6.10 Å². The lowest BCUT2D eigenvalue weighted by molar-refractivity contribution is -0.137. The number of rotatable bonds is 4. The molecule has 130 valence electrons. The first-order valence-electron chi connectivity index (χ1n) is 8.82. The van der Waals surface area contributed by atoms with E-state index in [1.807, 2.05) is 4.90 Å². The molecule has 1 aliphatic carbocycles. The third kappa shape index (κ3) is 3.81. The molecule has 1 saturated carbocycles. The van der Waals surface area contributed by atoms with Gasteiger partial charge in [0, 0.05) is 29.9 Å². The van der Waals surface area contributed by atoms with E-state index in [2.05, 4.69) is 0 Å². The van der Waals surface area contributed by atoms with Crippen molar-refractivity contribution in [2.24, 2.45) is 5.92 Å². The SMILES string of the molecule is O=C1CCCCC1C1CCCN1C(=O)CC(O)c1ccc(Cl)cc1. The van der Waals surface area contributed by atoms with Gasteiger partial charge in [-0.05, 0) is 43.4 Å². The van der Waals surface area contributed by atoms with Crippen LogP contribution in [0.15, 0.2) is 24.3 Å². The summed E-state index contributed by atoms with van der Waals surface area (Å²) >= 11 is 5.86. The molecule has 1 aromatic carbocycles. The minimum atomic E-state index is -0.835. The van der Waals surface area contributed by atoms with Gasteiger partial charge in [-0.1, -0.05) is 30.2 Å². The van der Waals surface area contributed by atoms with Crippen molar-refractivity contribution in [1.29, 1.82) is 0 Å². The van der Waals surface area contributed by atoms with E-state index in [0.29, 0.717) is 29.3 Å². The summed E-state index contributed by atoms with van der Waals surface area (Å²) < 4.78 is 0. The van der Waals surface area contributed by atoms with Gasteiger partial charge in [-0.2, -0.15) is 0 Å². The van der Waals surface area contributed by atoms with Gasteiger partial charge in [0.1, 0.15) is 5.78 Å². The normalized spacial score (nSPS) is 25.8. The lowest BCUT2D eigenvalue weighted by Gasteiger charge is -2.33. The number of hydrogen-bond acceptors (Lipinski definition) is 3. The van der Waals surface area contributed by atoms with Crippen molar-refractivity contribution < 1.29 is 14.7 Å². The second kappa shape index (κ2) is 7.66. The third-order valence-electron chi connectivity index (χ3n) is 5.31. The molecule has 1 aliphatic heterocycles. The summed E-state index contributed by atoms with van der Waals surface area (Å²) in [6.07, 6.45) is 4.66. The highest BCUT2D eigenvalue weighted by atomic mass is 35.5. The van der Waals surface area contributed by atoms with Crippen LogP contribution in [0.25, 0.3) is 0 Å². The summed E-state index contributed by atoms with van der Waals surface area (Å²) in [6, 6.07) is 6.94. The number of aliphatic hydroxyl groups excluding tert-OH is 1. The number of carbonyl (C=O) groups excluding carboxylic acids is 2. The van der Waals surface area contributed by atoms with Gasteiger partial charge in [0.25, 0.3) is 0 Å². The molecule has 24 heavy (non-hydrogen) atoms. The molecule has 1 heterocycles. The highest BCUT2D eigenvalue weighted by Gasteiger charge is 2.39. The molecule has 3 atom stereocenters. The second-order valence-corrected chi connectivity index (χ2v) is 7.32. The number of benzene rings is 1. The number of nitrogens with zero attached hydrogens (tertiary/aromatic N) is 1. The van der Waals surface area contributed by atoms with Crippen molar-refractivity contribution in [2.45, 2.75) is 57.1 Å². The molecule has 2 aliphatic rings. The Morgan fingerprint density at radius 1 is 1.21 bits per heavy atom. The molecule has 0 aromatic heterocycles. The van der Waals surface area contributed by atoms with Crippen LogP contribution in [0.4, 0.5) is 0 Å². The van der Waals surface area contributed by atoms with Gasteiger partial charge in [-0.3, -0.25) is 9.59 Å². The third-order valence-corrected chi connectivity index (χ3v) is 5.56. The summed E-state index contributed by atoms with van der Waals surface area (Å²) in [4.78, 5) is 26.7. The van der Waals surface area contributed by atoms with Gasteiger partial charge in [0.2, 0.25) is 5.91 Å². The predicted octanol–water partition coefficient (Wildman–Crippen LogP) is 3.51. The van der Waals surface area contributed by atoms with Crippen molar-refractivity contribution in [2.75, 3.05) is 6.54 Å². The summed E-state index contributed by atoms with van der Waals surface area (Å²) in [6.45, 7) is 0.695. The molecule has 3 rings (SSSR count). The molecule has 1 amide bonds. The van der Waals surface area contributed by atoms with Crippen LogP contribution in [0.1, 0.15) is 56.6 Å². The maximum atomic E-state index is 12.7. The highest BCUT2D eigenvalue weighted by molar-refractivity contribution is 6.30. The van der Waals surface area contributed by atoms with Gasteiger partial charge in [-0.25, -0.2) is 0 Å². The average molecular weight is 350 g/mol. The Morgan fingerprint density at radius 2 is 1.96 bits per heavy atom. The van der Waals surface area contributed by atoms with Gasteiger partial charge in [0.15, 0.2) is 0 Å². The molecular formula is C19H24ClNO3. The first-order chi connectivity index (χ1) is 11.6. The molecule has 3 unspecified atom stereocenters. The van der Waals surface area contributed by atoms with Crippen LogP contribution in [0, 0.1) is 5.92 Å². The number of hydrogen-bond donors (Lipinski definition) is 1. The van der Waals surface area contributed by atoms with Crippen molar-refractivity contribution in [3.8, 4) is 0 Å². The maximum absolute atomic E-state index is 12.7. The van der Waals surface area contributed by atoms with Crippen molar-refractivity contribution in [3.63, 3.8) is 0 Å². The van der Waals surface area contributed by atoms with Crippen LogP contribution >= 0.6 is 11.6 Å². The first kappa shape index (κ1) is 17.4. The van der Waals surface area contributed by atoms with Crippen LogP contribution in [0.2, 0.25) is 5.02 Å². The Hall–Kier alpha value is -1.39. The zero-order valence-electron chi connectivity index (χ0n) is 13.8. The molecular weight excluding hydrogens is 326 g/mol. The number of aliphatic hydroxyl groups is 1.